The molecule has 0 aliphatic carbocycles. The van der Waals surface area contributed by atoms with Crippen LogP contribution in [0.5, 0.6) is 0 Å². The predicted molar refractivity (Wildman–Crippen MR) is 59.6 cm³/mol. The Bertz CT molecular complexity index is 450. The number of halogens is 1. The van der Waals surface area contributed by atoms with Crippen molar-refractivity contribution in [3.05, 3.63) is 32.8 Å². The molecule has 86 valence electrons. The number of rotatable bonds is 2. The van der Waals surface area contributed by atoms with Gasteiger partial charge in [-0.05, 0) is 37.5 Å². The van der Waals surface area contributed by atoms with Crippen LogP contribution in [0.15, 0.2) is 0 Å². The Morgan fingerprint density at radius 2 is 1.31 bits per heavy atom. The smallest absolute Gasteiger partial charge is 0.337 e. The molecule has 0 aliphatic heterocycles. The fourth-order valence-corrected chi connectivity index (χ4v) is 2.05. The van der Waals surface area contributed by atoms with Crippen molar-refractivity contribution in [2.75, 3.05) is 0 Å². The first-order valence-electron chi connectivity index (χ1n) is 4.54. The van der Waals surface area contributed by atoms with E-state index >= 15 is 0 Å². The molecule has 1 aromatic carbocycles. The molecule has 0 fully saturated rings. The summed E-state index contributed by atoms with van der Waals surface area (Å²) >= 11 is 5.90. The first kappa shape index (κ1) is 12.5. The lowest BCUT2D eigenvalue weighted by molar-refractivity contribution is 0.0695. The van der Waals surface area contributed by atoms with E-state index in [1.54, 1.807) is 13.8 Å². The number of hydrogen-bond donors (Lipinski definition) is 2. The minimum absolute atomic E-state index is 0.0132. The molecule has 0 amide bonds. The lowest BCUT2D eigenvalue weighted by atomic mass is 9.93. The van der Waals surface area contributed by atoms with Crippen LogP contribution >= 0.6 is 11.6 Å². The summed E-state index contributed by atoms with van der Waals surface area (Å²) < 4.78 is 0. The third-order valence-electron chi connectivity index (χ3n) is 2.66. The van der Waals surface area contributed by atoms with Crippen molar-refractivity contribution in [2.24, 2.45) is 0 Å². The van der Waals surface area contributed by atoms with Crippen LogP contribution in [-0.2, 0) is 0 Å². The normalized spacial score (nSPS) is 10.2. The van der Waals surface area contributed by atoms with E-state index in [9.17, 15) is 9.59 Å². The highest BCUT2D eigenvalue weighted by Crippen LogP contribution is 2.30. The second-order valence-electron chi connectivity index (χ2n) is 3.55. The summed E-state index contributed by atoms with van der Waals surface area (Å²) in [5.41, 5.74) is 1.05. The molecule has 0 aliphatic rings. The molecule has 0 saturated carbocycles. The molecule has 1 rings (SSSR count). The first-order chi connectivity index (χ1) is 7.29. The van der Waals surface area contributed by atoms with E-state index in [0.29, 0.717) is 11.1 Å². The van der Waals surface area contributed by atoms with Gasteiger partial charge in [-0.2, -0.15) is 0 Å². The summed E-state index contributed by atoms with van der Waals surface area (Å²) in [6.07, 6.45) is 0. The van der Waals surface area contributed by atoms with Gasteiger partial charge in [-0.25, -0.2) is 9.59 Å². The Balaban J connectivity index is 3.80. The Morgan fingerprint density at radius 1 is 0.875 bits per heavy atom. The molecule has 2 N–H and O–H groups in total. The zero-order valence-corrected chi connectivity index (χ0v) is 9.84. The highest BCUT2D eigenvalue weighted by molar-refractivity contribution is 6.34. The van der Waals surface area contributed by atoms with Gasteiger partial charge >= 0.3 is 11.9 Å². The topological polar surface area (TPSA) is 74.6 Å². The van der Waals surface area contributed by atoms with Gasteiger partial charge in [0.05, 0.1) is 16.1 Å². The molecule has 0 bridgehead atoms. The highest BCUT2D eigenvalue weighted by atomic mass is 35.5. The standard InChI is InChI=1S/C11H11ClO4/c1-4-5(2)9(12)8(11(15)16)6(3)7(4)10(13)14/h1-3H3,(H,13,14)(H,15,16). The van der Waals surface area contributed by atoms with Crippen molar-refractivity contribution >= 4 is 23.5 Å². The average molecular weight is 243 g/mol. The maximum atomic E-state index is 11.0. The second kappa shape index (κ2) is 4.14. The van der Waals surface area contributed by atoms with Crippen LogP contribution in [0.2, 0.25) is 5.02 Å². The number of carboxylic acids is 2. The van der Waals surface area contributed by atoms with E-state index in [2.05, 4.69) is 0 Å². The summed E-state index contributed by atoms with van der Waals surface area (Å²) in [4.78, 5) is 22.0. The minimum atomic E-state index is -1.21. The number of aromatic carboxylic acids is 2. The van der Waals surface area contributed by atoms with E-state index in [0.717, 1.165) is 0 Å². The molecule has 0 atom stereocenters. The van der Waals surface area contributed by atoms with Crippen molar-refractivity contribution < 1.29 is 19.8 Å². The van der Waals surface area contributed by atoms with Crippen molar-refractivity contribution in [3.8, 4) is 0 Å². The third-order valence-corrected chi connectivity index (χ3v) is 3.14. The van der Waals surface area contributed by atoms with Crippen LogP contribution in [0.25, 0.3) is 0 Å². The van der Waals surface area contributed by atoms with E-state index in [-0.39, 0.29) is 21.7 Å². The van der Waals surface area contributed by atoms with Crippen LogP contribution in [0.3, 0.4) is 0 Å². The number of benzene rings is 1. The Morgan fingerprint density at radius 3 is 1.69 bits per heavy atom. The van der Waals surface area contributed by atoms with E-state index in [4.69, 9.17) is 21.8 Å². The molecule has 0 radical (unpaired) electrons. The molecular weight excluding hydrogens is 232 g/mol. The van der Waals surface area contributed by atoms with Crippen LogP contribution in [0.4, 0.5) is 0 Å². The van der Waals surface area contributed by atoms with Crippen LogP contribution in [-0.4, -0.2) is 22.2 Å². The Kier molecular flexibility index (Phi) is 3.24. The van der Waals surface area contributed by atoms with Crippen LogP contribution in [0, 0.1) is 20.8 Å². The number of hydrogen-bond acceptors (Lipinski definition) is 2. The third kappa shape index (κ3) is 1.76. The molecule has 0 unspecified atom stereocenters. The lowest BCUT2D eigenvalue weighted by Crippen LogP contribution is -2.12. The molecule has 0 spiro atoms. The monoisotopic (exact) mass is 242 g/mol. The molecule has 0 saturated heterocycles. The Labute approximate surface area is 97.5 Å². The van der Waals surface area contributed by atoms with Gasteiger partial charge in [-0.15, -0.1) is 0 Å². The molecule has 16 heavy (non-hydrogen) atoms. The van der Waals surface area contributed by atoms with Gasteiger partial charge < -0.3 is 10.2 Å². The molecular formula is C11H11ClO4. The molecule has 4 nitrogen and oxygen atoms in total. The molecule has 0 aromatic heterocycles. The van der Waals surface area contributed by atoms with E-state index in [1.807, 2.05) is 0 Å². The second-order valence-corrected chi connectivity index (χ2v) is 3.93. The number of carbonyl (C=O) groups is 2. The average Bonchev–Trinajstić information content (AvgIpc) is 2.13. The quantitative estimate of drug-likeness (QED) is 0.836. The van der Waals surface area contributed by atoms with Gasteiger partial charge in [0.1, 0.15) is 0 Å². The summed E-state index contributed by atoms with van der Waals surface area (Å²) in [6.45, 7) is 4.67. The summed E-state index contributed by atoms with van der Waals surface area (Å²) in [5.74, 6) is -2.36. The van der Waals surface area contributed by atoms with Gasteiger partial charge in [0.15, 0.2) is 0 Å². The van der Waals surface area contributed by atoms with Crippen molar-refractivity contribution in [1.29, 1.82) is 0 Å². The van der Waals surface area contributed by atoms with Gasteiger partial charge in [0.2, 0.25) is 0 Å². The first-order valence-corrected chi connectivity index (χ1v) is 4.92. The van der Waals surface area contributed by atoms with Crippen molar-refractivity contribution in [3.63, 3.8) is 0 Å². The summed E-state index contributed by atoms with van der Waals surface area (Å²) in [5, 5.41) is 18.1. The van der Waals surface area contributed by atoms with E-state index in [1.165, 1.54) is 6.92 Å². The van der Waals surface area contributed by atoms with Crippen molar-refractivity contribution in [1.82, 2.24) is 0 Å². The lowest BCUT2D eigenvalue weighted by Gasteiger charge is -2.14. The summed E-state index contributed by atoms with van der Waals surface area (Å²) in [7, 11) is 0. The highest BCUT2D eigenvalue weighted by Gasteiger charge is 2.23. The number of carboxylic acid groups (broad SMARTS) is 2. The SMILES string of the molecule is Cc1c(C)c(C(=O)O)c(C)c(C(=O)O)c1Cl. The summed E-state index contributed by atoms with van der Waals surface area (Å²) in [6, 6.07) is 0. The van der Waals surface area contributed by atoms with Gasteiger partial charge in [-0.3, -0.25) is 0 Å². The predicted octanol–water partition coefficient (Wildman–Crippen LogP) is 2.66. The molecule has 0 heterocycles. The maximum Gasteiger partial charge on any atom is 0.337 e. The van der Waals surface area contributed by atoms with Gasteiger partial charge in [0, 0.05) is 0 Å². The minimum Gasteiger partial charge on any atom is -0.478 e. The zero-order valence-electron chi connectivity index (χ0n) is 9.09. The largest absolute Gasteiger partial charge is 0.478 e. The van der Waals surface area contributed by atoms with Crippen molar-refractivity contribution in [2.45, 2.75) is 20.8 Å². The zero-order chi connectivity index (χ0) is 12.6. The van der Waals surface area contributed by atoms with Gasteiger partial charge in [0.25, 0.3) is 0 Å². The fraction of sp³-hybridized carbons (Fsp3) is 0.273. The molecule has 5 heteroatoms. The van der Waals surface area contributed by atoms with E-state index < -0.39 is 11.9 Å². The fourth-order valence-electron chi connectivity index (χ4n) is 1.69. The molecule has 1 aromatic rings. The maximum absolute atomic E-state index is 11.0. The van der Waals surface area contributed by atoms with Crippen LogP contribution in [0.1, 0.15) is 37.4 Å². The van der Waals surface area contributed by atoms with Gasteiger partial charge in [-0.1, -0.05) is 11.6 Å². The van der Waals surface area contributed by atoms with Crippen LogP contribution < -0.4 is 0 Å². The Hall–Kier alpha value is -1.55.